The van der Waals surface area contributed by atoms with Crippen molar-refractivity contribution in [3.05, 3.63) is 53.1 Å². The molecular formula is C17H21N. The van der Waals surface area contributed by atoms with Crippen LogP contribution in [-0.4, -0.2) is 5.71 Å². The van der Waals surface area contributed by atoms with Gasteiger partial charge in [0.25, 0.3) is 0 Å². The molecule has 0 bridgehead atoms. The van der Waals surface area contributed by atoms with E-state index in [0.29, 0.717) is 0 Å². The number of nitrogens with one attached hydrogen (secondary N) is 1. The van der Waals surface area contributed by atoms with Crippen LogP contribution in [0.2, 0.25) is 0 Å². The molecule has 0 unspecified atom stereocenters. The molecule has 1 aliphatic rings. The Hall–Kier alpha value is -1.63. The molecule has 1 heteroatoms. The van der Waals surface area contributed by atoms with Gasteiger partial charge in [0, 0.05) is 11.3 Å². The number of allylic oxidation sites excluding steroid dienone is 4. The molecule has 0 heterocycles. The predicted octanol–water partition coefficient (Wildman–Crippen LogP) is 4.98. The van der Waals surface area contributed by atoms with Crippen LogP contribution < -0.4 is 0 Å². The standard InChI is InChI=1S/C17H21N/c1-3-4-9-17(18)16-8-6-5-7-15(16)14-11-10-13(2)12-14/h5-8,10,12,18H,3-4,9,11H2,1-2H3. The summed E-state index contributed by atoms with van der Waals surface area (Å²) in [7, 11) is 0. The van der Waals surface area contributed by atoms with Crippen molar-refractivity contribution in [3.63, 3.8) is 0 Å². The summed E-state index contributed by atoms with van der Waals surface area (Å²) in [6.07, 6.45) is 8.63. The van der Waals surface area contributed by atoms with Crippen LogP contribution in [0.4, 0.5) is 0 Å². The second-order valence-electron chi connectivity index (χ2n) is 4.95. The third-order valence-corrected chi connectivity index (χ3v) is 3.42. The summed E-state index contributed by atoms with van der Waals surface area (Å²) >= 11 is 0. The van der Waals surface area contributed by atoms with Crippen LogP contribution in [0.1, 0.15) is 50.7 Å². The highest BCUT2D eigenvalue weighted by Gasteiger charge is 2.12. The fourth-order valence-corrected chi connectivity index (χ4v) is 2.37. The minimum absolute atomic E-state index is 0.776. The van der Waals surface area contributed by atoms with Gasteiger partial charge in [0.15, 0.2) is 0 Å². The normalized spacial score (nSPS) is 14.3. The van der Waals surface area contributed by atoms with Crippen LogP contribution in [0.25, 0.3) is 5.57 Å². The van der Waals surface area contributed by atoms with E-state index < -0.39 is 0 Å². The minimum atomic E-state index is 0.776. The van der Waals surface area contributed by atoms with Crippen LogP contribution in [-0.2, 0) is 0 Å². The Morgan fingerprint density at radius 2 is 2.06 bits per heavy atom. The summed E-state index contributed by atoms with van der Waals surface area (Å²) < 4.78 is 0. The van der Waals surface area contributed by atoms with Gasteiger partial charge in [-0.3, -0.25) is 0 Å². The lowest BCUT2D eigenvalue weighted by atomic mass is 9.94. The Morgan fingerprint density at radius 1 is 1.28 bits per heavy atom. The summed E-state index contributed by atoms with van der Waals surface area (Å²) in [5.41, 5.74) is 5.81. The van der Waals surface area contributed by atoms with E-state index >= 15 is 0 Å². The van der Waals surface area contributed by atoms with Gasteiger partial charge in [0.2, 0.25) is 0 Å². The lowest BCUT2D eigenvalue weighted by Gasteiger charge is -2.11. The Morgan fingerprint density at radius 3 is 2.72 bits per heavy atom. The summed E-state index contributed by atoms with van der Waals surface area (Å²) in [5, 5.41) is 8.24. The van der Waals surface area contributed by atoms with Gasteiger partial charge in [-0.25, -0.2) is 0 Å². The van der Waals surface area contributed by atoms with Crippen LogP contribution in [0.3, 0.4) is 0 Å². The van der Waals surface area contributed by atoms with Crippen molar-refractivity contribution in [2.75, 3.05) is 0 Å². The van der Waals surface area contributed by atoms with Crippen LogP contribution in [0.15, 0.2) is 42.0 Å². The zero-order valence-corrected chi connectivity index (χ0v) is 11.3. The maximum absolute atomic E-state index is 8.24. The minimum Gasteiger partial charge on any atom is -0.305 e. The molecule has 1 aromatic rings. The second-order valence-corrected chi connectivity index (χ2v) is 4.95. The summed E-state index contributed by atoms with van der Waals surface area (Å²) in [4.78, 5) is 0. The highest BCUT2D eigenvalue weighted by Crippen LogP contribution is 2.29. The van der Waals surface area contributed by atoms with E-state index in [2.05, 4.69) is 44.2 Å². The first-order valence-corrected chi connectivity index (χ1v) is 6.77. The van der Waals surface area contributed by atoms with Gasteiger partial charge >= 0.3 is 0 Å². The summed E-state index contributed by atoms with van der Waals surface area (Å²) in [6, 6.07) is 8.34. The predicted molar refractivity (Wildman–Crippen MR) is 79.1 cm³/mol. The van der Waals surface area contributed by atoms with Gasteiger partial charge in [-0.1, -0.05) is 55.3 Å². The lowest BCUT2D eigenvalue weighted by Crippen LogP contribution is -2.03. The largest absolute Gasteiger partial charge is 0.305 e. The molecule has 1 nitrogen and oxygen atoms in total. The van der Waals surface area contributed by atoms with E-state index in [9.17, 15) is 0 Å². The topological polar surface area (TPSA) is 23.9 Å². The molecule has 0 atom stereocenters. The molecule has 1 N–H and O–H groups in total. The fraction of sp³-hybridized carbons (Fsp3) is 0.353. The molecule has 94 valence electrons. The first-order valence-electron chi connectivity index (χ1n) is 6.77. The van der Waals surface area contributed by atoms with Crippen molar-refractivity contribution < 1.29 is 0 Å². The molecule has 0 radical (unpaired) electrons. The van der Waals surface area contributed by atoms with Crippen molar-refractivity contribution in [1.29, 1.82) is 5.41 Å². The second kappa shape index (κ2) is 5.81. The quantitative estimate of drug-likeness (QED) is 0.701. The fourth-order valence-electron chi connectivity index (χ4n) is 2.37. The molecular weight excluding hydrogens is 218 g/mol. The van der Waals surface area contributed by atoms with Gasteiger partial charge < -0.3 is 5.41 Å². The average Bonchev–Trinajstić information content (AvgIpc) is 2.82. The van der Waals surface area contributed by atoms with Crippen molar-refractivity contribution in [1.82, 2.24) is 0 Å². The maximum Gasteiger partial charge on any atom is 0.0392 e. The van der Waals surface area contributed by atoms with Crippen LogP contribution in [0, 0.1) is 5.41 Å². The van der Waals surface area contributed by atoms with E-state index in [1.807, 2.05) is 6.07 Å². The number of hydrogen-bond donors (Lipinski definition) is 1. The number of benzene rings is 1. The third-order valence-electron chi connectivity index (χ3n) is 3.42. The monoisotopic (exact) mass is 239 g/mol. The summed E-state index contributed by atoms with van der Waals surface area (Å²) in [5.74, 6) is 0. The Kier molecular flexibility index (Phi) is 4.14. The molecule has 1 aromatic carbocycles. The molecule has 18 heavy (non-hydrogen) atoms. The first kappa shape index (κ1) is 12.8. The SMILES string of the molecule is CCCCC(=N)c1ccccc1C1=CC(C)=CC1. The molecule has 0 saturated carbocycles. The molecule has 2 rings (SSSR count). The number of unbranched alkanes of at least 4 members (excludes halogenated alkanes) is 1. The Bertz CT molecular complexity index is 506. The van der Waals surface area contributed by atoms with E-state index in [1.165, 1.54) is 16.7 Å². The highest BCUT2D eigenvalue weighted by atomic mass is 14.4. The molecule has 0 aromatic heterocycles. The number of rotatable bonds is 5. The van der Waals surface area contributed by atoms with Crippen molar-refractivity contribution in [2.24, 2.45) is 0 Å². The Labute approximate surface area is 110 Å². The third kappa shape index (κ3) is 2.79. The molecule has 0 spiro atoms. The molecule has 0 fully saturated rings. The molecule has 0 aliphatic heterocycles. The first-order chi connectivity index (χ1) is 8.72. The van der Waals surface area contributed by atoms with E-state index in [0.717, 1.165) is 37.0 Å². The van der Waals surface area contributed by atoms with Gasteiger partial charge in [0.05, 0.1) is 0 Å². The number of hydrogen-bond acceptors (Lipinski definition) is 1. The Balaban J connectivity index is 2.26. The molecule has 1 aliphatic carbocycles. The smallest absolute Gasteiger partial charge is 0.0392 e. The maximum atomic E-state index is 8.24. The van der Waals surface area contributed by atoms with Crippen LogP contribution >= 0.6 is 0 Å². The van der Waals surface area contributed by atoms with E-state index in [4.69, 9.17) is 5.41 Å². The van der Waals surface area contributed by atoms with E-state index in [1.54, 1.807) is 0 Å². The highest BCUT2D eigenvalue weighted by molar-refractivity contribution is 6.02. The average molecular weight is 239 g/mol. The van der Waals surface area contributed by atoms with Gasteiger partial charge in [-0.2, -0.15) is 0 Å². The summed E-state index contributed by atoms with van der Waals surface area (Å²) in [6.45, 7) is 4.31. The van der Waals surface area contributed by atoms with Crippen molar-refractivity contribution in [3.8, 4) is 0 Å². The van der Waals surface area contributed by atoms with E-state index in [-0.39, 0.29) is 0 Å². The van der Waals surface area contributed by atoms with Crippen LogP contribution in [0.5, 0.6) is 0 Å². The van der Waals surface area contributed by atoms with Crippen molar-refractivity contribution >= 4 is 11.3 Å². The van der Waals surface area contributed by atoms with Gasteiger partial charge in [-0.05, 0) is 37.3 Å². The molecule has 0 amide bonds. The molecule has 0 saturated heterocycles. The zero-order valence-electron chi connectivity index (χ0n) is 11.3. The van der Waals surface area contributed by atoms with Gasteiger partial charge in [-0.15, -0.1) is 0 Å². The zero-order chi connectivity index (χ0) is 13.0. The lowest BCUT2D eigenvalue weighted by molar-refractivity contribution is 0.833. The van der Waals surface area contributed by atoms with Crippen molar-refractivity contribution in [2.45, 2.75) is 39.5 Å². The van der Waals surface area contributed by atoms with Gasteiger partial charge in [0.1, 0.15) is 0 Å².